The molecule has 2 N–H and O–H groups in total. The Morgan fingerprint density at radius 1 is 1.35 bits per heavy atom. The zero-order valence-corrected chi connectivity index (χ0v) is 10.5. The first-order chi connectivity index (χ1) is 8.17. The van der Waals surface area contributed by atoms with E-state index in [2.05, 4.69) is 15.1 Å². The fourth-order valence-electron chi connectivity index (χ4n) is 2.22. The molecular formula is C11H14N4OS. The van der Waals surface area contributed by atoms with E-state index in [4.69, 9.17) is 10.3 Å². The Morgan fingerprint density at radius 2 is 2.12 bits per heavy atom. The molecule has 0 aliphatic heterocycles. The van der Waals surface area contributed by atoms with Crippen LogP contribution in [0.4, 0.5) is 0 Å². The Bertz CT molecular complexity index is 527. The van der Waals surface area contributed by atoms with Crippen LogP contribution in [-0.4, -0.2) is 15.1 Å². The predicted molar refractivity (Wildman–Crippen MR) is 64.5 cm³/mol. The van der Waals surface area contributed by atoms with Gasteiger partial charge in [0.2, 0.25) is 0 Å². The van der Waals surface area contributed by atoms with Crippen molar-refractivity contribution in [2.45, 2.75) is 38.1 Å². The quantitative estimate of drug-likeness (QED) is 0.884. The second-order valence-electron chi connectivity index (χ2n) is 4.54. The van der Waals surface area contributed by atoms with Crippen molar-refractivity contribution in [3.05, 3.63) is 16.2 Å². The van der Waals surface area contributed by atoms with Gasteiger partial charge >= 0.3 is 0 Å². The minimum absolute atomic E-state index is 0.396. The summed E-state index contributed by atoms with van der Waals surface area (Å²) in [5.41, 5.74) is 6.62. The van der Waals surface area contributed by atoms with Gasteiger partial charge in [0.25, 0.3) is 5.89 Å². The van der Waals surface area contributed by atoms with Gasteiger partial charge in [0, 0.05) is 5.38 Å². The Labute approximate surface area is 103 Å². The van der Waals surface area contributed by atoms with E-state index >= 15 is 0 Å². The third kappa shape index (κ3) is 1.87. The van der Waals surface area contributed by atoms with Gasteiger partial charge in [-0.05, 0) is 19.8 Å². The Balaban J connectivity index is 1.92. The van der Waals surface area contributed by atoms with Gasteiger partial charge in [-0.3, -0.25) is 0 Å². The number of nitrogens with two attached hydrogens (primary N) is 1. The average molecular weight is 250 g/mol. The molecule has 6 heteroatoms. The van der Waals surface area contributed by atoms with Crippen LogP contribution in [0.5, 0.6) is 0 Å². The predicted octanol–water partition coefficient (Wildman–Crippen LogP) is 2.23. The molecule has 90 valence electrons. The van der Waals surface area contributed by atoms with Gasteiger partial charge in [0.15, 0.2) is 5.82 Å². The average Bonchev–Trinajstić information content (AvgIpc) is 2.96. The highest BCUT2D eigenvalue weighted by Gasteiger charge is 2.36. The molecule has 0 aromatic carbocycles. The van der Waals surface area contributed by atoms with Crippen molar-refractivity contribution in [3.8, 4) is 11.6 Å². The summed E-state index contributed by atoms with van der Waals surface area (Å²) in [6.45, 7) is 1.95. The van der Waals surface area contributed by atoms with E-state index in [1.165, 1.54) is 0 Å². The highest BCUT2D eigenvalue weighted by atomic mass is 32.1. The molecule has 1 aliphatic carbocycles. The second kappa shape index (κ2) is 3.89. The van der Waals surface area contributed by atoms with Crippen molar-refractivity contribution in [1.29, 1.82) is 0 Å². The maximum absolute atomic E-state index is 6.27. The maximum Gasteiger partial charge on any atom is 0.277 e. The number of hydrogen-bond donors (Lipinski definition) is 1. The highest BCUT2D eigenvalue weighted by molar-refractivity contribution is 7.09. The fraction of sp³-hybridized carbons (Fsp3) is 0.545. The van der Waals surface area contributed by atoms with Crippen LogP contribution in [0, 0.1) is 6.92 Å². The van der Waals surface area contributed by atoms with Crippen molar-refractivity contribution >= 4 is 11.3 Å². The maximum atomic E-state index is 6.27. The molecule has 0 saturated heterocycles. The van der Waals surface area contributed by atoms with Crippen LogP contribution in [0.3, 0.4) is 0 Å². The van der Waals surface area contributed by atoms with Gasteiger partial charge in [0.1, 0.15) is 5.69 Å². The molecule has 0 spiro atoms. The largest absolute Gasteiger partial charge is 0.332 e. The van der Waals surface area contributed by atoms with Gasteiger partial charge in [0.05, 0.1) is 10.5 Å². The van der Waals surface area contributed by atoms with E-state index in [1.54, 1.807) is 11.3 Å². The zero-order chi connectivity index (χ0) is 11.9. The van der Waals surface area contributed by atoms with Gasteiger partial charge in [-0.25, -0.2) is 4.98 Å². The van der Waals surface area contributed by atoms with Gasteiger partial charge in [-0.1, -0.05) is 18.0 Å². The summed E-state index contributed by atoms with van der Waals surface area (Å²) in [7, 11) is 0. The van der Waals surface area contributed by atoms with Crippen LogP contribution >= 0.6 is 11.3 Å². The molecule has 0 unspecified atom stereocenters. The number of hydrogen-bond acceptors (Lipinski definition) is 6. The minimum atomic E-state index is -0.396. The summed E-state index contributed by atoms with van der Waals surface area (Å²) in [6.07, 6.45) is 4.14. The number of rotatable bonds is 2. The summed E-state index contributed by atoms with van der Waals surface area (Å²) in [6, 6.07) is 0. The monoisotopic (exact) mass is 250 g/mol. The first kappa shape index (κ1) is 10.9. The van der Waals surface area contributed by atoms with Crippen LogP contribution < -0.4 is 5.73 Å². The topological polar surface area (TPSA) is 77.8 Å². The fourth-order valence-corrected chi connectivity index (χ4v) is 2.81. The molecule has 17 heavy (non-hydrogen) atoms. The molecule has 2 aromatic heterocycles. The van der Waals surface area contributed by atoms with Gasteiger partial charge in [-0.2, -0.15) is 4.98 Å². The summed E-state index contributed by atoms with van der Waals surface area (Å²) in [5.74, 6) is 1.09. The van der Waals surface area contributed by atoms with E-state index in [-0.39, 0.29) is 0 Å². The van der Waals surface area contributed by atoms with Crippen LogP contribution in [0.1, 0.15) is 36.5 Å². The van der Waals surface area contributed by atoms with Crippen molar-refractivity contribution in [2.75, 3.05) is 0 Å². The summed E-state index contributed by atoms with van der Waals surface area (Å²) < 4.78 is 5.24. The Kier molecular flexibility index (Phi) is 2.48. The smallest absolute Gasteiger partial charge is 0.277 e. The lowest BCUT2D eigenvalue weighted by atomic mass is 9.99. The molecule has 2 heterocycles. The number of thiazole rings is 1. The van der Waals surface area contributed by atoms with Crippen molar-refractivity contribution in [1.82, 2.24) is 15.1 Å². The minimum Gasteiger partial charge on any atom is -0.332 e. The summed E-state index contributed by atoms with van der Waals surface area (Å²) in [4.78, 5) is 8.71. The van der Waals surface area contributed by atoms with Crippen LogP contribution in [0.2, 0.25) is 0 Å². The number of nitrogens with zero attached hydrogens (tertiary/aromatic N) is 3. The van der Waals surface area contributed by atoms with Gasteiger partial charge in [-0.15, -0.1) is 11.3 Å². The third-order valence-electron chi connectivity index (χ3n) is 3.21. The molecule has 3 rings (SSSR count). The van der Waals surface area contributed by atoms with Gasteiger partial charge < -0.3 is 10.3 Å². The first-order valence-corrected chi connectivity index (χ1v) is 6.61. The molecule has 5 nitrogen and oxygen atoms in total. The van der Waals surface area contributed by atoms with E-state index in [0.29, 0.717) is 11.7 Å². The third-order valence-corrected chi connectivity index (χ3v) is 3.98. The SMILES string of the molecule is Cc1nc(-c2nc(C3(N)CCCC3)no2)cs1. The van der Waals surface area contributed by atoms with E-state index in [9.17, 15) is 0 Å². The number of aryl methyl sites for hydroxylation is 1. The van der Waals surface area contributed by atoms with Crippen molar-refractivity contribution in [3.63, 3.8) is 0 Å². The lowest BCUT2D eigenvalue weighted by molar-refractivity contribution is 0.372. The molecule has 0 amide bonds. The highest BCUT2D eigenvalue weighted by Crippen LogP contribution is 2.35. The molecule has 1 saturated carbocycles. The first-order valence-electron chi connectivity index (χ1n) is 5.73. The van der Waals surface area contributed by atoms with E-state index in [1.807, 2.05) is 12.3 Å². The zero-order valence-electron chi connectivity index (χ0n) is 9.64. The molecule has 1 aliphatic rings. The summed E-state index contributed by atoms with van der Waals surface area (Å²) >= 11 is 1.57. The lowest BCUT2D eigenvalue weighted by Gasteiger charge is -2.17. The molecule has 0 bridgehead atoms. The van der Waals surface area contributed by atoms with Crippen molar-refractivity contribution in [2.24, 2.45) is 5.73 Å². The molecule has 2 aromatic rings. The Hall–Kier alpha value is -1.27. The van der Waals surface area contributed by atoms with Crippen LogP contribution in [-0.2, 0) is 5.54 Å². The van der Waals surface area contributed by atoms with Crippen molar-refractivity contribution < 1.29 is 4.52 Å². The summed E-state index contributed by atoms with van der Waals surface area (Å²) in [5, 5.41) is 6.92. The van der Waals surface area contributed by atoms with Crippen LogP contribution in [0.25, 0.3) is 11.6 Å². The number of aromatic nitrogens is 3. The van der Waals surface area contributed by atoms with E-state index < -0.39 is 5.54 Å². The second-order valence-corrected chi connectivity index (χ2v) is 5.60. The molecule has 1 fully saturated rings. The molecule has 0 radical (unpaired) electrons. The molecular weight excluding hydrogens is 236 g/mol. The molecule has 0 atom stereocenters. The lowest BCUT2D eigenvalue weighted by Crippen LogP contribution is -2.34. The van der Waals surface area contributed by atoms with Crippen LogP contribution in [0.15, 0.2) is 9.90 Å². The standard InChI is InChI=1S/C11H14N4OS/c1-7-13-8(6-17-7)9-14-10(15-16-9)11(12)4-2-3-5-11/h6H,2-5,12H2,1H3. The Morgan fingerprint density at radius 3 is 2.76 bits per heavy atom. The normalized spacial score (nSPS) is 18.7. The van der Waals surface area contributed by atoms with E-state index in [0.717, 1.165) is 36.4 Å².